The molecule has 5 nitrogen and oxygen atoms in total. The second kappa shape index (κ2) is 7.39. The van der Waals surface area contributed by atoms with E-state index < -0.39 is 27.6 Å². The molecule has 2 aromatic rings. The number of rotatable bonds is 6. The van der Waals surface area contributed by atoms with Gasteiger partial charge in [0.25, 0.3) is 0 Å². The maximum absolute atomic E-state index is 13.5. The molecule has 8 heteroatoms. The van der Waals surface area contributed by atoms with Crippen LogP contribution in [0.25, 0.3) is 0 Å². The van der Waals surface area contributed by atoms with E-state index in [1.165, 1.54) is 36.4 Å². The van der Waals surface area contributed by atoms with Crippen molar-refractivity contribution in [1.29, 1.82) is 0 Å². The van der Waals surface area contributed by atoms with Crippen LogP contribution in [0.3, 0.4) is 0 Å². The normalized spacial score (nSPS) is 11.1. The molecular formula is C16H16F2N2O3S. The van der Waals surface area contributed by atoms with Gasteiger partial charge in [0.15, 0.2) is 0 Å². The Labute approximate surface area is 139 Å². The average Bonchev–Trinajstić information content (AvgIpc) is 2.48. The Morgan fingerprint density at radius 2 is 1.83 bits per heavy atom. The van der Waals surface area contributed by atoms with Crippen molar-refractivity contribution >= 4 is 27.3 Å². The molecule has 0 bridgehead atoms. The van der Waals surface area contributed by atoms with Gasteiger partial charge in [-0.2, -0.15) is 0 Å². The van der Waals surface area contributed by atoms with Crippen molar-refractivity contribution in [2.45, 2.75) is 6.42 Å². The predicted octanol–water partition coefficient (Wildman–Crippen LogP) is 2.76. The monoisotopic (exact) mass is 354 g/mol. The molecule has 0 saturated heterocycles. The largest absolute Gasteiger partial charge is 0.324 e. The van der Waals surface area contributed by atoms with E-state index in [1.807, 2.05) is 0 Å². The summed E-state index contributed by atoms with van der Waals surface area (Å²) in [6.07, 6.45) is 0.755. The Morgan fingerprint density at radius 1 is 1.12 bits per heavy atom. The number of amides is 1. The van der Waals surface area contributed by atoms with Gasteiger partial charge < -0.3 is 5.32 Å². The lowest BCUT2D eigenvalue weighted by molar-refractivity contribution is -0.116. The van der Waals surface area contributed by atoms with E-state index >= 15 is 0 Å². The molecule has 1 amide bonds. The molecule has 0 spiro atoms. The Hall–Kier alpha value is -2.48. The van der Waals surface area contributed by atoms with Gasteiger partial charge in [-0.15, -0.1) is 0 Å². The predicted molar refractivity (Wildman–Crippen MR) is 88.2 cm³/mol. The van der Waals surface area contributed by atoms with Crippen LogP contribution in [-0.4, -0.2) is 27.1 Å². The van der Waals surface area contributed by atoms with E-state index in [9.17, 15) is 22.0 Å². The average molecular weight is 354 g/mol. The number of benzene rings is 2. The van der Waals surface area contributed by atoms with Gasteiger partial charge in [-0.1, -0.05) is 18.2 Å². The minimum absolute atomic E-state index is 0.0131. The fourth-order valence-electron chi connectivity index (χ4n) is 2.10. The zero-order valence-corrected chi connectivity index (χ0v) is 13.7. The number of para-hydroxylation sites is 1. The van der Waals surface area contributed by atoms with Crippen LogP contribution in [0, 0.1) is 11.6 Å². The molecule has 0 radical (unpaired) electrons. The van der Waals surface area contributed by atoms with Gasteiger partial charge in [0.05, 0.1) is 17.6 Å². The summed E-state index contributed by atoms with van der Waals surface area (Å²) in [5.74, 6) is -1.72. The van der Waals surface area contributed by atoms with Crippen LogP contribution in [0.2, 0.25) is 0 Å². The molecule has 0 aliphatic rings. The molecule has 0 fully saturated rings. The van der Waals surface area contributed by atoms with Gasteiger partial charge in [-0.25, -0.2) is 17.2 Å². The maximum Gasteiger partial charge on any atom is 0.232 e. The first-order valence-corrected chi connectivity index (χ1v) is 8.90. The Balaban J connectivity index is 2.09. The minimum atomic E-state index is -3.70. The lowest BCUT2D eigenvalue weighted by atomic mass is 10.2. The zero-order chi connectivity index (χ0) is 17.7. The van der Waals surface area contributed by atoms with E-state index in [4.69, 9.17) is 0 Å². The minimum Gasteiger partial charge on any atom is -0.324 e. The van der Waals surface area contributed by atoms with E-state index in [1.54, 1.807) is 6.07 Å². The summed E-state index contributed by atoms with van der Waals surface area (Å²) in [4.78, 5) is 11.9. The number of hydrogen-bond donors (Lipinski definition) is 1. The SMILES string of the molecule is CS(=O)(=O)N(CCC(=O)Nc1ccccc1F)c1cccc(F)c1. The molecule has 0 aromatic heterocycles. The van der Waals surface area contributed by atoms with Crippen molar-refractivity contribution in [1.82, 2.24) is 0 Å². The number of anilines is 2. The van der Waals surface area contributed by atoms with E-state index in [0.29, 0.717) is 0 Å². The molecule has 24 heavy (non-hydrogen) atoms. The highest BCUT2D eigenvalue weighted by Crippen LogP contribution is 2.19. The maximum atomic E-state index is 13.5. The number of sulfonamides is 1. The summed E-state index contributed by atoms with van der Waals surface area (Å²) in [5.41, 5.74) is 0.135. The number of nitrogens with zero attached hydrogens (tertiary/aromatic N) is 1. The number of carbonyl (C=O) groups excluding carboxylic acids is 1. The van der Waals surface area contributed by atoms with Gasteiger partial charge in [-0.3, -0.25) is 9.10 Å². The van der Waals surface area contributed by atoms with Crippen molar-refractivity contribution in [3.05, 3.63) is 60.2 Å². The second-order valence-electron chi connectivity index (χ2n) is 5.09. The summed E-state index contributed by atoms with van der Waals surface area (Å²) in [5, 5.41) is 2.37. The van der Waals surface area contributed by atoms with Crippen molar-refractivity contribution < 1.29 is 22.0 Å². The third-order valence-corrected chi connectivity index (χ3v) is 4.38. The molecule has 2 aromatic carbocycles. The van der Waals surface area contributed by atoms with Crippen LogP contribution in [-0.2, 0) is 14.8 Å². The number of nitrogens with one attached hydrogen (secondary N) is 1. The molecule has 0 saturated carbocycles. The molecule has 1 N–H and O–H groups in total. The lowest BCUT2D eigenvalue weighted by Gasteiger charge is -2.22. The van der Waals surface area contributed by atoms with Crippen LogP contribution in [0.5, 0.6) is 0 Å². The van der Waals surface area contributed by atoms with E-state index in [2.05, 4.69) is 5.32 Å². The number of halogens is 2. The van der Waals surface area contributed by atoms with Crippen LogP contribution in [0.15, 0.2) is 48.5 Å². The molecule has 0 heterocycles. The van der Waals surface area contributed by atoms with Crippen molar-refractivity contribution in [3.8, 4) is 0 Å². The third kappa shape index (κ3) is 4.76. The van der Waals surface area contributed by atoms with Crippen LogP contribution in [0.1, 0.15) is 6.42 Å². The van der Waals surface area contributed by atoms with Crippen LogP contribution >= 0.6 is 0 Å². The second-order valence-corrected chi connectivity index (χ2v) is 7.00. The lowest BCUT2D eigenvalue weighted by Crippen LogP contribution is -2.33. The smallest absolute Gasteiger partial charge is 0.232 e. The Bertz CT molecular complexity index is 841. The van der Waals surface area contributed by atoms with Crippen molar-refractivity contribution in [3.63, 3.8) is 0 Å². The number of carbonyl (C=O) groups is 1. The van der Waals surface area contributed by atoms with Crippen LogP contribution in [0.4, 0.5) is 20.2 Å². The summed E-state index contributed by atoms with van der Waals surface area (Å²) in [6.45, 7) is -0.192. The quantitative estimate of drug-likeness (QED) is 0.867. The fourth-order valence-corrected chi connectivity index (χ4v) is 3.02. The molecular weight excluding hydrogens is 338 g/mol. The molecule has 2 rings (SSSR count). The standard InChI is InChI=1S/C16H16F2N2O3S/c1-24(22,23)20(13-6-4-5-12(17)11-13)10-9-16(21)19-15-8-3-2-7-14(15)18/h2-8,11H,9-10H2,1H3,(H,19,21). The Morgan fingerprint density at radius 3 is 2.46 bits per heavy atom. The fraction of sp³-hybridized carbons (Fsp3) is 0.188. The highest BCUT2D eigenvalue weighted by molar-refractivity contribution is 7.92. The topological polar surface area (TPSA) is 66.5 Å². The summed E-state index contributed by atoms with van der Waals surface area (Å²) in [6, 6.07) is 10.7. The first-order chi connectivity index (χ1) is 11.3. The molecule has 128 valence electrons. The third-order valence-electron chi connectivity index (χ3n) is 3.19. The zero-order valence-electron chi connectivity index (χ0n) is 12.9. The van der Waals surface area contributed by atoms with E-state index in [-0.39, 0.29) is 24.3 Å². The molecule has 0 atom stereocenters. The van der Waals surface area contributed by atoms with Crippen molar-refractivity contribution in [2.75, 3.05) is 22.4 Å². The van der Waals surface area contributed by atoms with Gasteiger partial charge in [0.1, 0.15) is 11.6 Å². The summed E-state index contributed by atoms with van der Waals surface area (Å²) < 4.78 is 51.5. The van der Waals surface area contributed by atoms with Gasteiger partial charge >= 0.3 is 0 Å². The first kappa shape index (κ1) is 17.9. The summed E-state index contributed by atoms with van der Waals surface area (Å²) >= 11 is 0. The van der Waals surface area contributed by atoms with Gasteiger partial charge in [-0.05, 0) is 30.3 Å². The summed E-state index contributed by atoms with van der Waals surface area (Å²) in [7, 11) is -3.70. The first-order valence-electron chi connectivity index (χ1n) is 7.05. The molecule has 0 aliphatic carbocycles. The van der Waals surface area contributed by atoms with Crippen LogP contribution < -0.4 is 9.62 Å². The number of hydrogen-bond acceptors (Lipinski definition) is 3. The molecule has 0 aliphatic heterocycles. The van der Waals surface area contributed by atoms with Gasteiger partial charge in [0.2, 0.25) is 15.9 Å². The van der Waals surface area contributed by atoms with Crippen molar-refractivity contribution in [2.24, 2.45) is 0 Å². The highest BCUT2D eigenvalue weighted by Gasteiger charge is 2.19. The Kier molecular flexibility index (Phi) is 5.50. The van der Waals surface area contributed by atoms with Gasteiger partial charge in [0, 0.05) is 13.0 Å². The highest BCUT2D eigenvalue weighted by atomic mass is 32.2. The molecule has 0 unspecified atom stereocenters. The van der Waals surface area contributed by atoms with E-state index in [0.717, 1.165) is 16.6 Å².